The summed E-state index contributed by atoms with van der Waals surface area (Å²) in [5.74, 6) is 1.33. The summed E-state index contributed by atoms with van der Waals surface area (Å²) < 4.78 is 36.4. The van der Waals surface area contributed by atoms with Crippen molar-refractivity contribution in [3.63, 3.8) is 0 Å². The molecule has 1 aliphatic rings. The molecule has 0 unspecified atom stereocenters. The zero-order valence-electron chi connectivity index (χ0n) is 15.6. The van der Waals surface area contributed by atoms with Crippen LogP contribution >= 0.6 is 15.9 Å². The molecule has 0 bridgehead atoms. The van der Waals surface area contributed by atoms with Crippen LogP contribution in [-0.2, 0) is 16.4 Å². The van der Waals surface area contributed by atoms with E-state index in [0.717, 1.165) is 21.2 Å². The maximum atomic E-state index is 13.4. The number of halogens is 1. The van der Waals surface area contributed by atoms with Crippen molar-refractivity contribution >= 4 is 42.6 Å². The number of rotatable bonds is 4. The third-order valence-electron chi connectivity index (χ3n) is 5.13. The number of hydrogen-bond donors (Lipinski definition) is 0. The molecule has 1 aliphatic heterocycles. The summed E-state index contributed by atoms with van der Waals surface area (Å²) in [6.07, 6.45) is 0.415. The number of nitrogens with zero attached hydrogens (tertiary/aromatic N) is 1. The maximum Gasteiger partial charge on any atom is 0.290 e. The number of amides is 1. The average Bonchev–Trinajstić information content (AvgIpc) is 3.29. The molecule has 8 heteroatoms. The number of benzene rings is 1. The lowest BCUT2D eigenvalue weighted by Gasteiger charge is -2.26. The lowest BCUT2D eigenvalue weighted by molar-refractivity contribution is 0.0634. The summed E-state index contributed by atoms with van der Waals surface area (Å²) in [5.41, 5.74) is 1.36. The Morgan fingerprint density at radius 2 is 2.00 bits per heavy atom. The highest BCUT2D eigenvalue weighted by atomic mass is 79.9. The number of hydrogen-bond acceptors (Lipinski definition) is 5. The molecule has 148 valence electrons. The molecule has 0 spiro atoms. The largest absolute Gasteiger partial charge is 0.464 e. The van der Waals surface area contributed by atoms with Crippen LogP contribution in [0.15, 0.2) is 43.6 Å². The summed E-state index contributed by atoms with van der Waals surface area (Å²) in [6.45, 7) is 3.87. The third kappa shape index (κ3) is 3.63. The highest BCUT2D eigenvalue weighted by molar-refractivity contribution is 9.10. The molecule has 1 fully saturated rings. The monoisotopic (exact) mass is 465 g/mol. The Bertz CT molecular complexity index is 1160. The van der Waals surface area contributed by atoms with E-state index in [1.165, 1.54) is 0 Å². The predicted octanol–water partition coefficient (Wildman–Crippen LogP) is 4.23. The predicted molar refractivity (Wildman–Crippen MR) is 109 cm³/mol. The van der Waals surface area contributed by atoms with Crippen LogP contribution in [0.2, 0.25) is 0 Å². The fourth-order valence-corrected chi connectivity index (χ4v) is 5.73. The zero-order valence-corrected chi connectivity index (χ0v) is 18.0. The van der Waals surface area contributed by atoms with Gasteiger partial charge in [-0.3, -0.25) is 4.79 Å². The van der Waals surface area contributed by atoms with E-state index >= 15 is 0 Å². The summed E-state index contributed by atoms with van der Waals surface area (Å²) in [6, 6.07) is 8.85. The Morgan fingerprint density at radius 3 is 2.64 bits per heavy atom. The van der Waals surface area contributed by atoms with Gasteiger partial charge >= 0.3 is 0 Å². The Morgan fingerprint density at radius 1 is 1.21 bits per heavy atom. The summed E-state index contributed by atoms with van der Waals surface area (Å²) >= 11 is 3.41. The van der Waals surface area contributed by atoms with Crippen LogP contribution in [0.25, 0.3) is 11.0 Å². The van der Waals surface area contributed by atoms with Crippen LogP contribution in [0, 0.1) is 13.8 Å². The molecule has 1 amide bonds. The molecule has 0 saturated carbocycles. The van der Waals surface area contributed by atoms with Crippen LogP contribution in [0.3, 0.4) is 0 Å². The van der Waals surface area contributed by atoms with E-state index in [1.807, 2.05) is 44.2 Å². The molecular formula is C20H20BrNO5S. The molecule has 1 saturated heterocycles. The molecule has 3 heterocycles. The minimum atomic E-state index is -3.14. The Balaban J connectivity index is 1.73. The fourth-order valence-electron chi connectivity index (χ4n) is 3.66. The van der Waals surface area contributed by atoms with Gasteiger partial charge in [0.1, 0.15) is 17.1 Å². The highest BCUT2D eigenvalue weighted by Crippen LogP contribution is 2.31. The Hall–Kier alpha value is -2.06. The summed E-state index contributed by atoms with van der Waals surface area (Å²) in [7, 11) is -3.14. The number of aryl methyl sites for hydroxylation is 2. The van der Waals surface area contributed by atoms with Crippen molar-refractivity contribution in [3.8, 4) is 0 Å². The van der Waals surface area contributed by atoms with Crippen LogP contribution in [0.4, 0.5) is 0 Å². The molecule has 0 aliphatic carbocycles. The van der Waals surface area contributed by atoms with Gasteiger partial charge in [0, 0.05) is 21.5 Å². The smallest absolute Gasteiger partial charge is 0.290 e. The van der Waals surface area contributed by atoms with Crippen LogP contribution in [0.1, 0.15) is 34.1 Å². The van der Waals surface area contributed by atoms with Crippen molar-refractivity contribution in [2.45, 2.75) is 32.9 Å². The topological polar surface area (TPSA) is 80.7 Å². The summed E-state index contributed by atoms with van der Waals surface area (Å²) in [4.78, 5) is 15.0. The van der Waals surface area contributed by atoms with E-state index in [9.17, 15) is 13.2 Å². The van der Waals surface area contributed by atoms with E-state index in [0.29, 0.717) is 17.8 Å². The third-order valence-corrected chi connectivity index (χ3v) is 7.37. The molecule has 0 radical (unpaired) electrons. The van der Waals surface area contributed by atoms with Gasteiger partial charge in [-0.2, -0.15) is 0 Å². The van der Waals surface area contributed by atoms with Crippen molar-refractivity contribution in [2.24, 2.45) is 0 Å². The quantitative estimate of drug-likeness (QED) is 0.575. The van der Waals surface area contributed by atoms with Gasteiger partial charge in [0.05, 0.1) is 18.1 Å². The Labute approximate surface area is 171 Å². The second-order valence-electron chi connectivity index (χ2n) is 7.20. The van der Waals surface area contributed by atoms with Crippen LogP contribution < -0.4 is 0 Å². The molecular weight excluding hydrogens is 446 g/mol. The molecule has 6 nitrogen and oxygen atoms in total. The number of carbonyl (C=O) groups is 1. The van der Waals surface area contributed by atoms with Crippen molar-refractivity contribution in [1.29, 1.82) is 0 Å². The minimum Gasteiger partial charge on any atom is -0.464 e. The summed E-state index contributed by atoms with van der Waals surface area (Å²) in [5, 5.41) is 0.861. The number of furan rings is 2. The van der Waals surface area contributed by atoms with E-state index in [2.05, 4.69) is 15.9 Å². The van der Waals surface area contributed by atoms with Gasteiger partial charge in [0.2, 0.25) is 0 Å². The molecule has 0 N–H and O–H groups in total. The van der Waals surface area contributed by atoms with Crippen molar-refractivity contribution in [3.05, 3.63) is 57.6 Å². The standard InChI is InChI=1S/C20H20BrNO5S/c1-12-3-5-16(26-12)10-22(15-7-8-28(24,25)11-15)20(23)19-13(2)17-6-4-14(21)9-18(17)27-19/h3-6,9,15H,7-8,10-11H2,1-2H3/t15-/m1/s1. The SMILES string of the molecule is Cc1ccc(CN(C(=O)c2oc3cc(Br)ccc3c2C)[C@@H]2CCS(=O)(=O)C2)o1. The van der Waals surface area contributed by atoms with E-state index in [4.69, 9.17) is 8.83 Å². The van der Waals surface area contributed by atoms with Gasteiger partial charge in [-0.05, 0) is 50.6 Å². The normalized spacial score (nSPS) is 18.6. The highest BCUT2D eigenvalue weighted by Gasteiger charge is 2.37. The first-order chi connectivity index (χ1) is 13.2. The van der Waals surface area contributed by atoms with E-state index in [1.54, 1.807) is 4.90 Å². The van der Waals surface area contributed by atoms with Gasteiger partial charge in [-0.15, -0.1) is 0 Å². The van der Waals surface area contributed by atoms with Gasteiger partial charge < -0.3 is 13.7 Å². The molecule has 1 atom stereocenters. The molecule has 28 heavy (non-hydrogen) atoms. The average molecular weight is 466 g/mol. The molecule has 4 rings (SSSR count). The van der Waals surface area contributed by atoms with Crippen LogP contribution in [-0.4, -0.2) is 36.8 Å². The second kappa shape index (κ2) is 7.08. The number of sulfone groups is 1. The van der Waals surface area contributed by atoms with Crippen molar-refractivity contribution in [1.82, 2.24) is 4.90 Å². The molecule has 2 aromatic heterocycles. The first kappa shape index (κ1) is 19.3. The van der Waals surface area contributed by atoms with E-state index in [-0.39, 0.29) is 29.7 Å². The maximum absolute atomic E-state index is 13.4. The van der Waals surface area contributed by atoms with Gasteiger partial charge in [0.15, 0.2) is 15.6 Å². The first-order valence-electron chi connectivity index (χ1n) is 8.99. The van der Waals surface area contributed by atoms with Gasteiger partial charge in [0.25, 0.3) is 5.91 Å². The Kier molecular flexibility index (Phi) is 4.87. The van der Waals surface area contributed by atoms with Gasteiger partial charge in [-0.1, -0.05) is 15.9 Å². The van der Waals surface area contributed by atoms with Crippen molar-refractivity contribution in [2.75, 3.05) is 11.5 Å². The molecule has 3 aromatic rings. The number of fused-ring (bicyclic) bond motifs is 1. The van der Waals surface area contributed by atoms with Crippen LogP contribution in [0.5, 0.6) is 0 Å². The van der Waals surface area contributed by atoms with E-state index < -0.39 is 15.9 Å². The number of carbonyl (C=O) groups excluding carboxylic acids is 1. The fraction of sp³-hybridized carbons (Fsp3) is 0.350. The van der Waals surface area contributed by atoms with Gasteiger partial charge in [-0.25, -0.2) is 8.42 Å². The molecule has 1 aromatic carbocycles. The lowest BCUT2D eigenvalue weighted by Crippen LogP contribution is -2.40. The lowest BCUT2D eigenvalue weighted by atomic mass is 10.1. The first-order valence-corrected chi connectivity index (χ1v) is 11.6. The van der Waals surface area contributed by atoms with Crippen molar-refractivity contribution < 1.29 is 22.0 Å². The zero-order chi connectivity index (χ0) is 20.1. The minimum absolute atomic E-state index is 0.0384. The second-order valence-corrected chi connectivity index (χ2v) is 10.3.